The standard InChI is InChI=1S/C6H10N2.C2H6.CH4/c1-6(2)7-4-3-5-8-6;1-2;/h3-5,7H,1-2H3;1-2H3;1H4. The minimum absolute atomic E-state index is 0. The van der Waals surface area contributed by atoms with Gasteiger partial charge in [-0.1, -0.05) is 21.3 Å². The van der Waals surface area contributed by atoms with Gasteiger partial charge < -0.3 is 5.32 Å². The molecule has 0 aromatic heterocycles. The molecule has 1 aliphatic rings. The summed E-state index contributed by atoms with van der Waals surface area (Å²) in [7, 11) is 0. The van der Waals surface area contributed by atoms with E-state index in [0.717, 1.165) is 0 Å². The lowest BCUT2D eigenvalue weighted by Crippen LogP contribution is -2.34. The van der Waals surface area contributed by atoms with Gasteiger partial charge in [-0.25, -0.2) is 0 Å². The van der Waals surface area contributed by atoms with Crippen molar-refractivity contribution in [2.24, 2.45) is 4.99 Å². The monoisotopic (exact) mass is 156 g/mol. The summed E-state index contributed by atoms with van der Waals surface area (Å²) in [4.78, 5) is 4.14. The predicted molar refractivity (Wildman–Crippen MR) is 52.9 cm³/mol. The number of hydrogen-bond acceptors (Lipinski definition) is 2. The second-order valence-corrected chi connectivity index (χ2v) is 2.34. The van der Waals surface area contributed by atoms with E-state index in [-0.39, 0.29) is 13.1 Å². The molecule has 0 spiro atoms. The first-order chi connectivity index (χ1) is 4.71. The lowest BCUT2D eigenvalue weighted by molar-refractivity contribution is 0.465. The topological polar surface area (TPSA) is 24.4 Å². The Morgan fingerprint density at radius 2 is 1.82 bits per heavy atom. The van der Waals surface area contributed by atoms with E-state index in [1.165, 1.54) is 0 Å². The highest BCUT2D eigenvalue weighted by atomic mass is 15.1. The zero-order valence-corrected chi connectivity index (χ0v) is 7.18. The summed E-state index contributed by atoms with van der Waals surface area (Å²) in [5.74, 6) is 0. The van der Waals surface area contributed by atoms with Gasteiger partial charge in [0.1, 0.15) is 5.66 Å². The van der Waals surface area contributed by atoms with Crippen molar-refractivity contribution in [2.75, 3.05) is 0 Å². The molecule has 1 heterocycles. The Bertz CT molecular complexity index is 134. The molecule has 1 rings (SSSR count). The van der Waals surface area contributed by atoms with E-state index >= 15 is 0 Å². The number of hydrogen-bond donors (Lipinski definition) is 1. The number of aliphatic imine (C=N–C) groups is 1. The first kappa shape index (κ1) is 12.8. The van der Waals surface area contributed by atoms with Gasteiger partial charge in [0.25, 0.3) is 0 Å². The minimum atomic E-state index is -0.0885. The lowest BCUT2D eigenvalue weighted by Gasteiger charge is -2.21. The second kappa shape index (κ2) is 5.96. The molecule has 2 nitrogen and oxygen atoms in total. The minimum Gasteiger partial charge on any atom is -0.368 e. The highest BCUT2D eigenvalue weighted by Gasteiger charge is 2.11. The van der Waals surface area contributed by atoms with Crippen LogP contribution >= 0.6 is 0 Å². The van der Waals surface area contributed by atoms with Gasteiger partial charge in [0, 0.05) is 6.21 Å². The third-order valence-electron chi connectivity index (χ3n) is 1.02. The van der Waals surface area contributed by atoms with Crippen LogP contribution in [0.25, 0.3) is 0 Å². The largest absolute Gasteiger partial charge is 0.368 e. The number of allylic oxidation sites excluding steroid dienone is 1. The molecule has 0 radical (unpaired) electrons. The summed E-state index contributed by atoms with van der Waals surface area (Å²) in [5, 5.41) is 3.08. The fourth-order valence-electron chi connectivity index (χ4n) is 0.562. The molecule has 11 heavy (non-hydrogen) atoms. The van der Waals surface area contributed by atoms with E-state index in [2.05, 4.69) is 10.3 Å². The summed E-state index contributed by atoms with van der Waals surface area (Å²) in [6.45, 7) is 8.04. The molecule has 1 aliphatic heterocycles. The van der Waals surface area contributed by atoms with Crippen LogP contribution < -0.4 is 5.32 Å². The second-order valence-electron chi connectivity index (χ2n) is 2.34. The Morgan fingerprint density at radius 3 is 2.00 bits per heavy atom. The molecule has 0 aromatic rings. The van der Waals surface area contributed by atoms with Gasteiger partial charge in [-0.05, 0) is 26.1 Å². The average Bonchev–Trinajstić information content (AvgIpc) is 1.92. The maximum atomic E-state index is 4.14. The van der Waals surface area contributed by atoms with Gasteiger partial charge in [-0.3, -0.25) is 4.99 Å². The zero-order chi connectivity index (χ0) is 8.04. The summed E-state index contributed by atoms with van der Waals surface area (Å²) in [6.07, 6.45) is 5.58. The molecular formula is C9H20N2. The van der Waals surface area contributed by atoms with E-state index in [4.69, 9.17) is 0 Å². The first-order valence-electron chi connectivity index (χ1n) is 3.69. The normalized spacial score (nSPS) is 17.1. The van der Waals surface area contributed by atoms with Crippen molar-refractivity contribution >= 4 is 6.21 Å². The fourth-order valence-corrected chi connectivity index (χ4v) is 0.562. The zero-order valence-electron chi connectivity index (χ0n) is 7.18. The van der Waals surface area contributed by atoms with Crippen molar-refractivity contribution < 1.29 is 0 Å². The molecule has 0 saturated heterocycles. The summed E-state index contributed by atoms with van der Waals surface area (Å²) in [6, 6.07) is 0. The SMILES string of the molecule is C.CC.CC1(C)N=CC=CN1. The molecule has 0 amide bonds. The summed E-state index contributed by atoms with van der Waals surface area (Å²) < 4.78 is 0. The quantitative estimate of drug-likeness (QED) is 0.572. The number of rotatable bonds is 0. The molecule has 0 fully saturated rings. The molecule has 2 heteroatoms. The lowest BCUT2D eigenvalue weighted by atomic mass is 10.2. The van der Waals surface area contributed by atoms with Crippen LogP contribution in [0.3, 0.4) is 0 Å². The van der Waals surface area contributed by atoms with Gasteiger partial charge >= 0.3 is 0 Å². The highest BCUT2D eigenvalue weighted by molar-refractivity contribution is 5.72. The van der Waals surface area contributed by atoms with Crippen molar-refractivity contribution in [2.45, 2.75) is 40.8 Å². The Kier molecular flexibility index (Phi) is 6.96. The van der Waals surface area contributed by atoms with Crippen molar-refractivity contribution in [3.05, 3.63) is 12.3 Å². The van der Waals surface area contributed by atoms with Crippen LogP contribution in [0.5, 0.6) is 0 Å². The van der Waals surface area contributed by atoms with Crippen LogP contribution in [-0.4, -0.2) is 11.9 Å². The third-order valence-corrected chi connectivity index (χ3v) is 1.02. The van der Waals surface area contributed by atoms with Gasteiger partial charge in [-0.15, -0.1) is 0 Å². The van der Waals surface area contributed by atoms with Crippen molar-refractivity contribution in [1.82, 2.24) is 5.32 Å². The Hall–Kier alpha value is -0.790. The molecule has 0 saturated carbocycles. The van der Waals surface area contributed by atoms with Crippen LogP contribution in [0.2, 0.25) is 0 Å². The first-order valence-corrected chi connectivity index (χ1v) is 3.69. The molecule has 0 aromatic carbocycles. The van der Waals surface area contributed by atoms with Crippen LogP contribution in [0.1, 0.15) is 35.1 Å². The van der Waals surface area contributed by atoms with Crippen molar-refractivity contribution in [1.29, 1.82) is 0 Å². The molecule has 0 aliphatic carbocycles. The van der Waals surface area contributed by atoms with E-state index in [9.17, 15) is 0 Å². The Balaban J connectivity index is 0. The van der Waals surface area contributed by atoms with Gasteiger partial charge in [0.05, 0.1) is 0 Å². The Labute approximate surface area is 70.4 Å². The van der Waals surface area contributed by atoms with Crippen molar-refractivity contribution in [3.63, 3.8) is 0 Å². The molecule has 0 atom stereocenters. The molecule has 0 bridgehead atoms. The van der Waals surface area contributed by atoms with Crippen LogP contribution in [0, 0.1) is 0 Å². The van der Waals surface area contributed by atoms with E-state index < -0.39 is 0 Å². The van der Waals surface area contributed by atoms with E-state index in [1.807, 2.05) is 40.0 Å². The smallest absolute Gasteiger partial charge is 0.123 e. The Morgan fingerprint density at radius 1 is 1.27 bits per heavy atom. The van der Waals surface area contributed by atoms with E-state index in [0.29, 0.717) is 0 Å². The van der Waals surface area contributed by atoms with Gasteiger partial charge in [0.15, 0.2) is 0 Å². The number of nitrogens with zero attached hydrogens (tertiary/aromatic N) is 1. The molecular weight excluding hydrogens is 136 g/mol. The number of nitrogens with one attached hydrogen (secondary N) is 1. The van der Waals surface area contributed by atoms with E-state index in [1.54, 1.807) is 6.21 Å². The van der Waals surface area contributed by atoms with Crippen LogP contribution in [-0.2, 0) is 0 Å². The van der Waals surface area contributed by atoms with Crippen LogP contribution in [0.15, 0.2) is 17.3 Å². The summed E-state index contributed by atoms with van der Waals surface area (Å²) in [5.41, 5.74) is -0.0885. The molecule has 1 N–H and O–H groups in total. The predicted octanol–water partition coefficient (Wildman–Crippen LogP) is 2.57. The summed E-state index contributed by atoms with van der Waals surface area (Å²) >= 11 is 0. The highest BCUT2D eigenvalue weighted by Crippen LogP contribution is 2.04. The van der Waals surface area contributed by atoms with Gasteiger partial charge in [-0.2, -0.15) is 0 Å². The maximum Gasteiger partial charge on any atom is 0.123 e. The average molecular weight is 156 g/mol. The molecule has 0 unspecified atom stereocenters. The molecule has 66 valence electrons. The third kappa shape index (κ3) is 5.64. The van der Waals surface area contributed by atoms with Crippen LogP contribution in [0.4, 0.5) is 0 Å². The maximum absolute atomic E-state index is 4.14. The van der Waals surface area contributed by atoms with Gasteiger partial charge in [0.2, 0.25) is 0 Å². The fraction of sp³-hybridized carbons (Fsp3) is 0.667. The van der Waals surface area contributed by atoms with Crippen molar-refractivity contribution in [3.8, 4) is 0 Å².